The van der Waals surface area contributed by atoms with Crippen LogP contribution in [0.3, 0.4) is 0 Å². The Labute approximate surface area is 172 Å². The number of likely N-dealkylation sites (tertiary alicyclic amines) is 1. The van der Waals surface area contributed by atoms with E-state index >= 15 is 0 Å². The summed E-state index contributed by atoms with van der Waals surface area (Å²) in [5.74, 6) is 0.646. The standard InChI is InChI=1S/C22H31N3O4/c1-28-19-7-5-16(6-8-19)22(27)23-13-20-14-25(21(26)15-29-20)18-9-11-24(12-10-18)17-3-2-4-17/h5-8,17-18,20H,2-4,9-15H2,1H3,(H,23,27)/t20-/m0/s1. The lowest BCUT2D eigenvalue weighted by atomic mass is 9.89. The fraction of sp³-hybridized carbons (Fsp3) is 0.636. The van der Waals surface area contributed by atoms with E-state index in [0.29, 0.717) is 24.7 Å². The maximum Gasteiger partial charge on any atom is 0.251 e. The summed E-state index contributed by atoms with van der Waals surface area (Å²) < 4.78 is 10.8. The highest BCUT2D eigenvalue weighted by Gasteiger charge is 2.35. The van der Waals surface area contributed by atoms with E-state index in [9.17, 15) is 9.59 Å². The first-order chi connectivity index (χ1) is 14.1. The minimum absolute atomic E-state index is 0.0739. The highest BCUT2D eigenvalue weighted by molar-refractivity contribution is 5.94. The molecule has 0 bridgehead atoms. The van der Waals surface area contributed by atoms with Crippen molar-refractivity contribution in [2.24, 2.45) is 0 Å². The van der Waals surface area contributed by atoms with Crippen molar-refractivity contribution in [3.8, 4) is 5.75 Å². The fourth-order valence-corrected chi connectivity index (χ4v) is 4.49. The Morgan fingerprint density at radius 2 is 1.86 bits per heavy atom. The van der Waals surface area contributed by atoms with Gasteiger partial charge in [0.2, 0.25) is 5.91 Å². The molecule has 2 heterocycles. The Bertz CT molecular complexity index is 711. The van der Waals surface area contributed by atoms with E-state index in [1.54, 1.807) is 31.4 Å². The molecule has 0 spiro atoms. The van der Waals surface area contributed by atoms with Gasteiger partial charge in [0.25, 0.3) is 5.91 Å². The lowest BCUT2D eigenvalue weighted by Crippen LogP contribution is -2.57. The first-order valence-corrected chi connectivity index (χ1v) is 10.7. The Balaban J connectivity index is 1.26. The van der Waals surface area contributed by atoms with Gasteiger partial charge in [0.15, 0.2) is 0 Å². The Morgan fingerprint density at radius 3 is 2.48 bits per heavy atom. The van der Waals surface area contributed by atoms with Gasteiger partial charge in [-0.3, -0.25) is 9.59 Å². The van der Waals surface area contributed by atoms with E-state index in [0.717, 1.165) is 37.7 Å². The van der Waals surface area contributed by atoms with E-state index < -0.39 is 0 Å². The molecule has 3 fully saturated rings. The number of carbonyl (C=O) groups is 2. The predicted molar refractivity (Wildman–Crippen MR) is 109 cm³/mol. The Kier molecular flexibility index (Phi) is 6.35. The minimum atomic E-state index is -0.167. The van der Waals surface area contributed by atoms with Crippen molar-refractivity contribution >= 4 is 11.8 Å². The zero-order valence-electron chi connectivity index (χ0n) is 17.1. The van der Waals surface area contributed by atoms with E-state index in [-0.39, 0.29) is 24.5 Å². The summed E-state index contributed by atoms with van der Waals surface area (Å²) in [7, 11) is 1.60. The van der Waals surface area contributed by atoms with Crippen LogP contribution in [0.15, 0.2) is 24.3 Å². The van der Waals surface area contributed by atoms with Crippen molar-refractivity contribution in [2.75, 3.05) is 39.9 Å². The minimum Gasteiger partial charge on any atom is -0.497 e. The number of nitrogens with one attached hydrogen (secondary N) is 1. The molecule has 29 heavy (non-hydrogen) atoms. The van der Waals surface area contributed by atoms with Crippen molar-refractivity contribution in [3.05, 3.63) is 29.8 Å². The average molecular weight is 402 g/mol. The van der Waals surface area contributed by atoms with Crippen LogP contribution < -0.4 is 10.1 Å². The van der Waals surface area contributed by atoms with Gasteiger partial charge in [0.1, 0.15) is 12.4 Å². The molecule has 1 atom stereocenters. The second-order valence-corrected chi connectivity index (χ2v) is 8.27. The number of amides is 2. The maximum atomic E-state index is 12.4. The zero-order valence-corrected chi connectivity index (χ0v) is 17.1. The highest BCUT2D eigenvalue weighted by atomic mass is 16.5. The third-order valence-electron chi connectivity index (χ3n) is 6.54. The molecule has 4 rings (SSSR count). The maximum absolute atomic E-state index is 12.4. The molecule has 7 nitrogen and oxygen atoms in total. The molecule has 158 valence electrons. The van der Waals surface area contributed by atoms with Crippen LogP contribution in [0.2, 0.25) is 0 Å². The van der Waals surface area contributed by atoms with E-state index in [1.165, 1.54) is 19.3 Å². The summed E-state index contributed by atoms with van der Waals surface area (Å²) in [5.41, 5.74) is 0.581. The molecule has 0 unspecified atom stereocenters. The molecule has 2 saturated heterocycles. The van der Waals surface area contributed by atoms with Crippen LogP contribution >= 0.6 is 0 Å². The SMILES string of the molecule is COc1ccc(C(=O)NC[C@H]2CN(C3CCN(C4CCC4)CC3)C(=O)CO2)cc1. The van der Waals surface area contributed by atoms with Crippen molar-refractivity contribution in [1.29, 1.82) is 0 Å². The molecule has 7 heteroatoms. The molecule has 0 aromatic heterocycles. The van der Waals surface area contributed by atoms with Crippen LogP contribution in [-0.2, 0) is 9.53 Å². The molecule has 1 saturated carbocycles. The number of methoxy groups -OCH3 is 1. The summed E-state index contributed by atoms with van der Waals surface area (Å²) in [6.07, 6.45) is 5.92. The largest absolute Gasteiger partial charge is 0.497 e. The molecule has 1 N–H and O–H groups in total. The first-order valence-electron chi connectivity index (χ1n) is 10.7. The molecule has 3 aliphatic rings. The molecule has 2 amide bonds. The smallest absolute Gasteiger partial charge is 0.251 e. The number of piperidine rings is 1. The third kappa shape index (κ3) is 4.73. The van der Waals surface area contributed by atoms with Crippen molar-refractivity contribution in [3.63, 3.8) is 0 Å². The lowest BCUT2D eigenvalue weighted by molar-refractivity contribution is -0.153. The highest BCUT2D eigenvalue weighted by Crippen LogP contribution is 2.29. The van der Waals surface area contributed by atoms with Crippen molar-refractivity contribution < 1.29 is 19.1 Å². The molecular weight excluding hydrogens is 370 g/mol. The Hall–Kier alpha value is -2.12. The van der Waals surface area contributed by atoms with Gasteiger partial charge >= 0.3 is 0 Å². The lowest BCUT2D eigenvalue weighted by Gasteiger charge is -2.45. The molecule has 0 radical (unpaired) electrons. The number of hydrogen-bond donors (Lipinski definition) is 1. The second kappa shape index (κ2) is 9.13. The van der Waals surface area contributed by atoms with Gasteiger partial charge in [-0.05, 0) is 49.9 Å². The number of morpholine rings is 1. The quantitative estimate of drug-likeness (QED) is 0.785. The van der Waals surface area contributed by atoms with Crippen LogP contribution in [-0.4, -0.2) is 79.7 Å². The van der Waals surface area contributed by atoms with E-state index in [2.05, 4.69) is 10.2 Å². The van der Waals surface area contributed by atoms with Crippen molar-refractivity contribution in [1.82, 2.24) is 15.1 Å². The number of hydrogen-bond acceptors (Lipinski definition) is 5. The number of rotatable bonds is 6. The van der Waals surface area contributed by atoms with Crippen LogP contribution in [0.1, 0.15) is 42.5 Å². The van der Waals surface area contributed by atoms with Gasteiger partial charge in [0, 0.05) is 43.8 Å². The van der Waals surface area contributed by atoms with E-state index in [4.69, 9.17) is 9.47 Å². The van der Waals surface area contributed by atoms with Gasteiger partial charge in [-0.1, -0.05) is 6.42 Å². The number of nitrogens with zero attached hydrogens (tertiary/aromatic N) is 2. The summed E-state index contributed by atoms with van der Waals surface area (Å²) in [4.78, 5) is 29.4. The fourth-order valence-electron chi connectivity index (χ4n) is 4.49. The van der Waals surface area contributed by atoms with Crippen LogP contribution in [0.5, 0.6) is 5.75 Å². The number of ether oxygens (including phenoxy) is 2. The summed E-state index contributed by atoms with van der Waals surface area (Å²) in [6.45, 7) is 3.22. The topological polar surface area (TPSA) is 71.1 Å². The van der Waals surface area contributed by atoms with Gasteiger partial charge in [-0.15, -0.1) is 0 Å². The molecule has 1 aromatic carbocycles. The normalized spacial score (nSPS) is 24.2. The summed E-state index contributed by atoms with van der Waals surface area (Å²) in [6, 6.07) is 8.08. The van der Waals surface area contributed by atoms with Crippen molar-refractivity contribution in [2.45, 2.75) is 50.3 Å². The molecule has 1 aliphatic carbocycles. The van der Waals surface area contributed by atoms with Gasteiger partial charge < -0.3 is 24.6 Å². The summed E-state index contributed by atoms with van der Waals surface area (Å²) in [5, 5.41) is 2.93. The second-order valence-electron chi connectivity index (χ2n) is 8.27. The number of carbonyl (C=O) groups excluding carboxylic acids is 2. The third-order valence-corrected chi connectivity index (χ3v) is 6.54. The molecule has 2 aliphatic heterocycles. The zero-order chi connectivity index (χ0) is 20.2. The number of benzene rings is 1. The predicted octanol–water partition coefficient (Wildman–Crippen LogP) is 1.67. The van der Waals surface area contributed by atoms with Crippen LogP contribution in [0, 0.1) is 0 Å². The van der Waals surface area contributed by atoms with Gasteiger partial charge in [-0.25, -0.2) is 0 Å². The van der Waals surface area contributed by atoms with Gasteiger partial charge in [-0.2, -0.15) is 0 Å². The average Bonchev–Trinajstić information content (AvgIpc) is 2.72. The first kappa shape index (κ1) is 20.2. The monoisotopic (exact) mass is 401 g/mol. The van der Waals surface area contributed by atoms with E-state index in [1.807, 2.05) is 4.90 Å². The van der Waals surface area contributed by atoms with Gasteiger partial charge in [0.05, 0.1) is 13.2 Å². The van der Waals surface area contributed by atoms with Crippen LogP contribution in [0.4, 0.5) is 0 Å². The Morgan fingerprint density at radius 1 is 1.14 bits per heavy atom. The molecular formula is C22H31N3O4. The van der Waals surface area contributed by atoms with Crippen LogP contribution in [0.25, 0.3) is 0 Å². The summed E-state index contributed by atoms with van der Waals surface area (Å²) >= 11 is 0. The molecule has 1 aromatic rings.